The molecule has 2 aromatic carbocycles. The van der Waals surface area contributed by atoms with Crippen molar-refractivity contribution in [2.45, 2.75) is 63.8 Å². The third kappa shape index (κ3) is 4.11. The Bertz CT molecular complexity index is 904. The number of nitrogens with two attached hydrogens (primary N) is 1. The fourth-order valence-corrected chi connectivity index (χ4v) is 9.46. The van der Waals surface area contributed by atoms with Crippen LogP contribution in [0.3, 0.4) is 0 Å². The monoisotopic (exact) mass is 454 g/mol. The average molecular weight is 455 g/mol. The van der Waals surface area contributed by atoms with Crippen molar-refractivity contribution in [2.75, 3.05) is 6.61 Å². The van der Waals surface area contributed by atoms with Gasteiger partial charge in [-0.1, -0.05) is 81.4 Å². The Morgan fingerprint density at radius 3 is 2.06 bits per heavy atom. The quantitative estimate of drug-likeness (QED) is 0.397. The molecule has 0 bridgehead atoms. The lowest BCUT2D eigenvalue weighted by Crippen LogP contribution is -2.67. The van der Waals surface area contributed by atoms with Gasteiger partial charge >= 0.3 is 0 Å². The van der Waals surface area contributed by atoms with Gasteiger partial charge in [0, 0.05) is 0 Å². The molecule has 2 fully saturated rings. The van der Waals surface area contributed by atoms with Gasteiger partial charge in [0.2, 0.25) is 0 Å². The van der Waals surface area contributed by atoms with E-state index in [-0.39, 0.29) is 23.4 Å². The second kappa shape index (κ2) is 8.65. The molecule has 0 aromatic heterocycles. The van der Waals surface area contributed by atoms with Gasteiger partial charge in [-0.3, -0.25) is 5.84 Å². The molecule has 1 unspecified atom stereocenters. The first-order valence-electron chi connectivity index (χ1n) is 11.1. The molecule has 2 saturated heterocycles. The van der Waals surface area contributed by atoms with Gasteiger partial charge < -0.3 is 24.1 Å². The molecule has 172 valence electrons. The topological polar surface area (TPSA) is 75.0 Å². The second-order valence-corrected chi connectivity index (χ2v) is 14.2. The van der Waals surface area contributed by atoms with Gasteiger partial charge in [0.05, 0.1) is 12.8 Å². The standard InChI is InChI=1S/C25H34N2O4Si/c1-24(2,3)32(18-12-8-6-9-13-18,19-14-10-7-11-15-19)28-17-21-23-22(20(29-21)16-27-26)30-25(4,5)31-23/h6-16,21-23,27H,17,26H2,1-5H3/t21-,22?,23+/m1/s1. The number of rotatable bonds is 6. The molecule has 0 amide bonds. The normalized spacial score (nSPS) is 26.1. The number of benzene rings is 2. The molecule has 2 aliphatic heterocycles. The van der Waals surface area contributed by atoms with Crippen molar-refractivity contribution in [3.63, 3.8) is 0 Å². The summed E-state index contributed by atoms with van der Waals surface area (Å²) in [6.07, 6.45) is 0.755. The minimum Gasteiger partial charge on any atom is -0.485 e. The lowest BCUT2D eigenvalue weighted by molar-refractivity contribution is -0.168. The zero-order valence-electron chi connectivity index (χ0n) is 19.5. The molecular formula is C25H34N2O4Si. The van der Waals surface area contributed by atoms with Gasteiger partial charge in [-0.15, -0.1) is 0 Å². The van der Waals surface area contributed by atoms with Crippen molar-refractivity contribution in [3.05, 3.63) is 72.6 Å². The van der Waals surface area contributed by atoms with E-state index in [0.29, 0.717) is 12.4 Å². The van der Waals surface area contributed by atoms with Crippen molar-refractivity contribution in [2.24, 2.45) is 5.84 Å². The molecular weight excluding hydrogens is 420 g/mol. The molecule has 3 N–H and O–H groups in total. The SMILES string of the molecule is CC1(C)OC2C(=CNN)O[C@H](CO[Si](c3ccccc3)(c3ccccc3)C(C)(C)C)[C@@H]2O1. The first-order chi connectivity index (χ1) is 15.2. The van der Waals surface area contributed by atoms with Gasteiger partial charge in [0.25, 0.3) is 8.32 Å². The van der Waals surface area contributed by atoms with Crippen LogP contribution in [0, 0.1) is 0 Å². The maximum absolute atomic E-state index is 7.05. The van der Waals surface area contributed by atoms with Crippen LogP contribution in [0.1, 0.15) is 34.6 Å². The molecule has 0 radical (unpaired) electrons. The minimum absolute atomic E-state index is 0.114. The maximum atomic E-state index is 7.05. The number of nitrogens with one attached hydrogen (secondary N) is 1. The number of ether oxygens (including phenoxy) is 3. The smallest absolute Gasteiger partial charge is 0.261 e. The van der Waals surface area contributed by atoms with E-state index in [1.165, 1.54) is 10.4 Å². The largest absolute Gasteiger partial charge is 0.485 e. The van der Waals surface area contributed by atoms with Gasteiger partial charge in [-0.25, -0.2) is 0 Å². The highest BCUT2D eigenvalue weighted by atomic mass is 28.4. The number of hydrogen-bond acceptors (Lipinski definition) is 6. The van der Waals surface area contributed by atoms with E-state index in [1.54, 1.807) is 6.20 Å². The van der Waals surface area contributed by atoms with E-state index in [1.807, 2.05) is 26.0 Å². The number of hydrogen-bond donors (Lipinski definition) is 2. The molecule has 7 heteroatoms. The summed E-state index contributed by atoms with van der Waals surface area (Å²) in [4.78, 5) is 0. The summed E-state index contributed by atoms with van der Waals surface area (Å²) in [5.74, 6) is 5.48. The molecule has 0 aliphatic carbocycles. The van der Waals surface area contributed by atoms with E-state index in [4.69, 9.17) is 24.5 Å². The van der Waals surface area contributed by atoms with Crippen LogP contribution in [0.5, 0.6) is 0 Å². The Morgan fingerprint density at radius 2 is 1.56 bits per heavy atom. The zero-order chi connectivity index (χ0) is 23.0. The van der Waals surface area contributed by atoms with Gasteiger partial charge in [-0.05, 0) is 29.3 Å². The van der Waals surface area contributed by atoms with Crippen molar-refractivity contribution < 1.29 is 18.6 Å². The fraction of sp³-hybridized carbons (Fsp3) is 0.440. The van der Waals surface area contributed by atoms with Crippen molar-refractivity contribution in [1.82, 2.24) is 5.43 Å². The summed E-state index contributed by atoms with van der Waals surface area (Å²) in [5.41, 5.74) is 2.56. The van der Waals surface area contributed by atoms with E-state index in [0.717, 1.165) is 0 Å². The summed E-state index contributed by atoms with van der Waals surface area (Å²) >= 11 is 0. The van der Waals surface area contributed by atoms with E-state index in [2.05, 4.69) is 74.7 Å². The van der Waals surface area contributed by atoms with Gasteiger partial charge in [-0.2, -0.15) is 0 Å². The molecule has 6 nitrogen and oxygen atoms in total. The summed E-state index contributed by atoms with van der Waals surface area (Å²) < 4.78 is 25.5. The van der Waals surface area contributed by atoms with Crippen molar-refractivity contribution in [3.8, 4) is 0 Å². The summed E-state index contributed by atoms with van der Waals surface area (Å²) in [6, 6.07) is 21.2. The van der Waals surface area contributed by atoms with Crippen LogP contribution >= 0.6 is 0 Å². The summed E-state index contributed by atoms with van der Waals surface area (Å²) in [7, 11) is -2.67. The van der Waals surface area contributed by atoms with E-state index < -0.39 is 14.1 Å². The zero-order valence-corrected chi connectivity index (χ0v) is 20.5. The van der Waals surface area contributed by atoms with Crippen LogP contribution in [0.15, 0.2) is 72.6 Å². The number of hydrazine groups is 1. The van der Waals surface area contributed by atoms with Crippen LogP contribution in [0.4, 0.5) is 0 Å². The molecule has 2 aromatic rings. The van der Waals surface area contributed by atoms with Crippen LogP contribution in [0.25, 0.3) is 0 Å². The van der Waals surface area contributed by atoms with Crippen LogP contribution in [-0.4, -0.2) is 39.0 Å². The predicted molar refractivity (Wildman–Crippen MR) is 128 cm³/mol. The summed E-state index contributed by atoms with van der Waals surface area (Å²) in [5, 5.41) is 2.35. The Balaban J connectivity index is 1.71. The van der Waals surface area contributed by atoms with Crippen molar-refractivity contribution >= 4 is 18.7 Å². The fourth-order valence-electron chi connectivity index (χ4n) is 4.89. The third-order valence-corrected chi connectivity index (χ3v) is 11.2. The molecule has 2 heterocycles. The molecule has 4 rings (SSSR count). The minimum atomic E-state index is -2.67. The van der Waals surface area contributed by atoms with Crippen molar-refractivity contribution in [1.29, 1.82) is 0 Å². The van der Waals surface area contributed by atoms with E-state index >= 15 is 0 Å². The highest BCUT2D eigenvalue weighted by molar-refractivity contribution is 6.99. The highest BCUT2D eigenvalue weighted by Crippen LogP contribution is 2.42. The Kier molecular flexibility index (Phi) is 6.22. The molecule has 2 aliphatic rings. The maximum Gasteiger partial charge on any atom is 0.261 e. The second-order valence-electron chi connectivity index (χ2n) is 9.86. The molecule has 3 atom stereocenters. The third-order valence-electron chi connectivity index (χ3n) is 6.17. The average Bonchev–Trinajstić information content (AvgIpc) is 3.23. The Labute approximate surface area is 191 Å². The summed E-state index contributed by atoms with van der Waals surface area (Å²) in [6.45, 7) is 11.0. The van der Waals surface area contributed by atoms with Crippen LogP contribution < -0.4 is 21.6 Å². The first-order valence-corrected chi connectivity index (χ1v) is 13.0. The Hall–Kier alpha value is -2.16. The predicted octanol–water partition coefficient (Wildman–Crippen LogP) is 2.79. The van der Waals surface area contributed by atoms with Crippen LogP contribution in [0.2, 0.25) is 5.04 Å². The van der Waals surface area contributed by atoms with Crippen LogP contribution in [-0.2, 0) is 18.6 Å². The Morgan fingerprint density at radius 1 is 1.00 bits per heavy atom. The van der Waals surface area contributed by atoms with E-state index in [9.17, 15) is 0 Å². The molecule has 32 heavy (non-hydrogen) atoms. The highest BCUT2D eigenvalue weighted by Gasteiger charge is 2.56. The molecule has 0 saturated carbocycles. The molecule has 0 spiro atoms. The van der Waals surface area contributed by atoms with Gasteiger partial charge in [0.1, 0.15) is 24.1 Å². The first kappa shape index (κ1) is 23.0. The number of fused-ring (bicyclic) bond motifs is 1. The lowest BCUT2D eigenvalue weighted by Gasteiger charge is -2.43. The van der Waals surface area contributed by atoms with Gasteiger partial charge in [0.15, 0.2) is 5.79 Å². The lowest BCUT2D eigenvalue weighted by atomic mass is 10.1.